The van der Waals surface area contributed by atoms with E-state index in [2.05, 4.69) is 34.6 Å². The van der Waals surface area contributed by atoms with E-state index in [9.17, 15) is 14.9 Å². The molecule has 0 saturated heterocycles. The summed E-state index contributed by atoms with van der Waals surface area (Å²) >= 11 is 0. The van der Waals surface area contributed by atoms with Crippen molar-refractivity contribution in [2.24, 2.45) is 0 Å². The van der Waals surface area contributed by atoms with E-state index in [1.807, 2.05) is 36.4 Å². The summed E-state index contributed by atoms with van der Waals surface area (Å²) in [7, 11) is 0. The molecule has 29 heavy (non-hydrogen) atoms. The van der Waals surface area contributed by atoms with Gasteiger partial charge in [-0.2, -0.15) is 0 Å². The summed E-state index contributed by atoms with van der Waals surface area (Å²) < 4.78 is 5.27. The Kier molecular flexibility index (Phi) is 6.89. The maximum Gasteiger partial charge on any atom is 0.406 e. The number of amides is 1. The predicted octanol–water partition coefficient (Wildman–Crippen LogP) is 3.71. The maximum atomic E-state index is 12.1. The van der Waals surface area contributed by atoms with Crippen LogP contribution in [0, 0.1) is 10.1 Å². The number of nitrogens with zero attached hydrogens (tertiary/aromatic N) is 2. The van der Waals surface area contributed by atoms with E-state index >= 15 is 0 Å². The van der Waals surface area contributed by atoms with Crippen LogP contribution < -0.4 is 10.1 Å². The van der Waals surface area contributed by atoms with E-state index in [4.69, 9.17) is 4.74 Å². The van der Waals surface area contributed by atoms with Crippen LogP contribution in [-0.2, 0) is 4.79 Å². The fourth-order valence-corrected chi connectivity index (χ4v) is 3.08. The van der Waals surface area contributed by atoms with Crippen molar-refractivity contribution >= 4 is 11.7 Å². The third-order valence-electron chi connectivity index (χ3n) is 4.44. The topological polar surface area (TPSA) is 94.4 Å². The van der Waals surface area contributed by atoms with Crippen LogP contribution in [0.2, 0.25) is 0 Å². The molecule has 3 aromatic rings. The van der Waals surface area contributed by atoms with Crippen LogP contribution in [0.4, 0.5) is 5.82 Å². The van der Waals surface area contributed by atoms with Crippen LogP contribution in [0.5, 0.6) is 5.75 Å². The first-order valence-corrected chi connectivity index (χ1v) is 9.24. The van der Waals surface area contributed by atoms with Gasteiger partial charge in [-0.15, -0.1) is 0 Å². The van der Waals surface area contributed by atoms with Crippen molar-refractivity contribution in [3.05, 3.63) is 100 Å². The molecule has 1 amide bonds. The zero-order valence-corrected chi connectivity index (χ0v) is 15.7. The lowest BCUT2D eigenvalue weighted by molar-refractivity contribution is -0.390. The van der Waals surface area contributed by atoms with Crippen LogP contribution in [0.25, 0.3) is 0 Å². The molecule has 0 aliphatic heterocycles. The number of nitrogens with one attached hydrogen (secondary N) is 1. The molecule has 0 unspecified atom stereocenters. The fraction of sp³-hybridized carbons (Fsp3) is 0.182. The highest BCUT2D eigenvalue weighted by Gasteiger charge is 2.17. The number of rotatable bonds is 9. The van der Waals surface area contributed by atoms with Gasteiger partial charge in [0, 0.05) is 12.5 Å². The van der Waals surface area contributed by atoms with Gasteiger partial charge >= 0.3 is 5.82 Å². The van der Waals surface area contributed by atoms with Gasteiger partial charge in [0.2, 0.25) is 5.75 Å². The Balaban J connectivity index is 1.56. The largest absolute Gasteiger partial charge is 0.476 e. The van der Waals surface area contributed by atoms with Gasteiger partial charge in [-0.25, -0.2) is 0 Å². The summed E-state index contributed by atoms with van der Waals surface area (Å²) in [5.41, 5.74) is 2.35. The van der Waals surface area contributed by atoms with Gasteiger partial charge in [-0.3, -0.25) is 4.79 Å². The molecule has 0 spiro atoms. The monoisotopic (exact) mass is 391 g/mol. The Morgan fingerprint density at radius 3 is 2.21 bits per heavy atom. The summed E-state index contributed by atoms with van der Waals surface area (Å²) in [6.45, 7) is 0.139. The predicted molar refractivity (Wildman–Crippen MR) is 109 cm³/mol. The first-order valence-electron chi connectivity index (χ1n) is 9.24. The van der Waals surface area contributed by atoms with E-state index in [0.717, 1.165) is 0 Å². The van der Waals surface area contributed by atoms with Crippen molar-refractivity contribution in [1.82, 2.24) is 10.3 Å². The second-order valence-corrected chi connectivity index (χ2v) is 6.38. The van der Waals surface area contributed by atoms with Crippen LogP contribution in [0.15, 0.2) is 79.0 Å². The molecule has 1 aromatic heterocycles. The van der Waals surface area contributed by atoms with Crippen molar-refractivity contribution in [2.75, 3.05) is 13.2 Å². The normalized spacial score (nSPS) is 10.5. The minimum Gasteiger partial charge on any atom is -0.476 e. The van der Waals surface area contributed by atoms with Crippen LogP contribution in [0.3, 0.4) is 0 Å². The number of hydrogen-bond acceptors (Lipinski definition) is 5. The Morgan fingerprint density at radius 1 is 1.00 bits per heavy atom. The number of ether oxygens (including phenoxy) is 1. The molecule has 7 nitrogen and oxygen atoms in total. The molecule has 1 heterocycles. The summed E-state index contributed by atoms with van der Waals surface area (Å²) in [6, 6.07) is 23.2. The van der Waals surface area contributed by atoms with Crippen molar-refractivity contribution in [3.63, 3.8) is 0 Å². The molecule has 0 saturated carbocycles. The third kappa shape index (κ3) is 5.62. The highest BCUT2D eigenvalue weighted by atomic mass is 16.6. The Morgan fingerprint density at radius 2 is 1.62 bits per heavy atom. The summed E-state index contributed by atoms with van der Waals surface area (Å²) in [5, 5.41) is 13.8. The van der Waals surface area contributed by atoms with Gasteiger partial charge in [-0.05, 0) is 39.6 Å². The van der Waals surface area contributed by atoms with Crippen molar-refractivity contribution < 1.29 is 14.5 Å². The first kappa shape index (κ1) is 20.0. The lowest BCUT2D eigenvalue weighted by Gasteiger charge is -2.18. The van der Waals surface area contributed by atoms with E-state index in [1.165, 1.54) is 29.5 Å². The highest BCUT2D eigenvalue weighted by Crippen LogP contribution is 2.27. The van der Waals surface area contributed by atoms with Gasteiger partial charge in [0.15, 0.2) is 6.61 Å². The minimum atomic E-state index is -0.641. The molecule has 148 valence electrons. The Bertz CT molecular complexity index is 909. The molecule has 3 rings (SSSR count). The van der Waals surface area contributed by atoms with Gasteiger partial charge < -0.3 is 20.2 Å². The van der Waals surface area contributed by atoms with E-state index in [0.29, 0.717) is 13.0 Å². The van der Waals surface area contributed by atoms with E-state index in [1.54, 1.807) is 0 Å². The molecule has 0 atom stereocenters. The van der Waals surface area contributed by atoms with Crippen molar-refractivity contribution in [1.29, 1.82) is 0 Å². The Hall–Kier alpha value is -3.74. The molecule has 0 bridgehead atoms. The quantitative estimate of drug-likeness (QED) is 0.443. The zero-order valence-electron chi connectivity index (χ0n) is 15.7. The maximum absolute atomic E-state index is 12.1. The summed E-state index contributed by atoms with van der Waals surface area (Å²) in [4.78, 5) is 26.1. The number of carbonyl (C=O) groups is 1. The van der Waals surface area contributed by atoms with Gasteiger partial charge in [0.25, 0.3) is 5.91 Å². The molecule has 1 N–H and O–H groups in total. The molecular formula is C22H21N3O4. The van der Waals surface area contributed by atoms with Gasteiger partial charge in [0.05, 0.1) is 0 Å². The number of nitro groups is 1. The average molecular weight is 391 g/mol. The standard InChI is InChI=1S/C22H21N3O4/c26-21(16-29-20-12-7-14-24-22(20)25(27)28)23-15-13-19(17-8-3-1-4-9-17)18-10-5-2-6-11-18/h1-12,14,19H,13,15-16H2,(H,23,26). The van der Waals surface area contributed by atoms with Gasteiger partial charge in [0.1, 0.15) is 6.20 Å². The number of carbonyl (C=O) groups excluding carboxylic acids is 1. The average Bonchev–Trinajstić information content (AvgIpc) is 2.76. The zero-order chi connectivity index (χ0) is 20.5. The SMILES string of the molecule is O=C(COc1cccnc1[N+](=O)[O-])NCCC(c1ccccc1)c1ccccc1. The van der Waals surface area contributed by atoms with Crippen LogP contribution in [-0.4, -0.2) is 29.0 Å². The number of hydrogen-bond donors (Lipinski definition) is 1. The summed E-state index contributed by atoms with van der Waals surface area (Å²) in [5.74, 6) is -0.631. The first-order chi connectivity index (χ1) is 14.1. The molecule has 0 radical (unpaired) electrons. The van der Waals surface area contributed by atoms with Crippen LogP contribution >= 0.6 is 0 Å². The van der Waals surface area contributed by atoms with Crippen molar-refractivity contribution in [2.45, 2.75) is 12.3 Å². The molecule has 2 aromatic carbocycles. The second-order valence-electron chi connectivity index (χ2n) is 6.38. The smallest absolute Gasteiger partial charge is 0.406 e. The summed E-state index contributed by atoms with van der Waals surface area (Å²) in [6.07, 6.45) is 2.02. The fourth-order valence-electron chi connectivity index (χ4n) is 3.08. The molecule has 0 fully saturated rings. The lowest BCUT2D eigenvalue weighted by Crippen LogP contribution is -2.30. The third-order valence-corrected chi connectivity index (χ3v) is 4.44. The van der Waals surface area contributed by atoms with Crippen molar-refractivity contribution in [3.8, 4) is 5.75 Å². The molecular weight excluding hydrogens is 370 g/mol. The number of benzene rings is 2. The van der Waals surface area contributed by atoms with Crippen LogP contribution in [0.1, 0.15) is 23.5 Å². The van der Waals surface area contributed by atoms with E-state index in [-0.39, 0.29) is 24.2 Å². The number of pyridine rings is 1. The van der Waals surface area contributed by atoms with E-state index < -0.39 is 10.7 Å². The molecule has 0 aliphatic carbocycles. The number of aromatic nitrogens is 1. The second kappa shape index (κ2) is 9.98. The molecule has 7 heteroatoms. The molecule has 0 aliphatic rings. The Labute approximate surface area is 168 Å². The lowest BCUT2D eigenvalue weighted by atomic mass is 9.88. The minimum absolute atomic E-state index is 0.0286. The highest BCUT2D eigenvalue weighted by molar-refractivity contribution is 5.77. The van der Waals surface area contributed by atoms with Gasteiger partial charge in [-0.1, -0.05) is 60.7 Å².